The number of halogens is 1. The topological polar surface area (TPSA) is 78.5 Å². The van der Waals surface area contributed by atoms with Crippen LogP contribution in [0.2, 0.25) is 5.02 Å². The number of nitrogens with zero attached hydrogens (tertiary/aromatic N) is 1. The molecule has 2 saturated carbocycles. The second kappa shape index (κ2) is 7.20. The summed E-state index contributed by atoms with van der Waals surface area (Å²) in [4.78, 5) is 38.8. The Hall–Kier alpha value is -3.12. The second-order valence-corrected chi connectivity index (χ2v) is 9.60. The highest BCUT2D eigenvalue weighted by Crippen LogP contribution is 2.65. The summed E-state index contributed by atoms with van der Waals surface area (Å²) in [6, 6.07) is 14.5. The second-order valence-electron chi connectivity index (χ2n) is 9.17. The molecule has 0 aromatic heterocycles. The van der Waals surface area contributed by atoms with Gasteiger partial charge in [0.25, 0.3) is 17.7 Å². The number of hydrogen-bond acceptors (Lipinski definition) is 4. The van der Waals surface area contributed by atoms with Gasteiger partial charge in [-0.15, -0.1) is 0 Å². The third kappa shape index (κ3) is 3.05. The molecule has 4 unspecified atom stereocenters. The Kier molecular flexibility index (Phi) is 4.40. The predicted molar refractivity (Wildman–Crippen MR) is 119 cm³/mol. The molecule has 2 N–H and O–H groups in total. The largest absolute Gasteiger partial charge is 0.381 e. The van der Waals surface area contributed by atoms with Crippen LogP contribution in [0.1, 0.15) is 22.3 Å². The van der Waals surface area contributed by atoms with Crippen LogP contribution in [0.5, 0.6) is 0 Å². The van der Waals surface area contributed by atoms with Gasteiger partial charge in [-0.3, -0.25) is 19.8 Å². The molecule has 162 valence electrons. The zero-order valence-corrected chi connectivity index (χ0v) is 18.0. The van der Waals surface area contributed by atoms with Crippen molar-refractivity contribution in [3.63, 3.8) is 0 Å². The molecule has 1 saturated heterocycles. The van der Waals surface area contributed by atoms with Gasteiger partial charge in [-0.2, -0.15) is 5.01 Å². The number of hydrogen-bond donors (Lipinski definition) is 2. The molecule has 2 aromatic carbocycles. The van der Waals surface area contributed by atoms with E-state index in [-0.39, 0.29) is 35.5 Å². The van der Waals surface area contributed by atoms with Gasteiger partial charge in [-0.25, -0.2) is 0 Å². The third-order valence-electron chi connectivity index (χ3n) is 7.41. The van der Waals surface area contributed by atoms with Gasteiger partial charge in [0.2, 0.25) is 0 Å². The number of imide groups is 1. The van der Waals surface area contributed by atoms with Gasteiger partial charge in [0.1, 0.15) is 0 Å². The summed E-state index contributed by atoms with van der Waals surface area (Å²) < 4.78 is 0. The molecule has 7 heteroatoms. The molecule has 0 radical (unpaired) electrons. The Labute approximate surface area is 190 Å². The lowest BCUT2D eigenvalue weighted by atomic mass is 9.63. The average Bonchev–Trinajstić information content (AvgIpc) is 3.59. The van der Waals surface area contributed by atoms with Crippen molar-refractivity contribution >= 4 is 35.0 Å². The van der Waals surface area contributed by atoms with E-state index >= 15 is 0 Å². The predicted octanol–water partition coefficient (Wildman–Crippen LogP) is 3.65. The van der Waals surface area contributed by atoms with E-state index in [2.05, 4.69) is 22.9 Å². The summed E-state index contributed by atoms with van der Waals surface area (Å²) in [5.41, 5.74) is 4.87. The summed E-state index contributed by atoms with van der Waals surface area (Å²) in [5.74, 6) is -0.272. The Morgan fingerprint density at radius 2 is 1.62 bits per heavy atom. The molecular formula is C25H22ClN3O3. The van der Waals surface area contributed by atoms with Crippen LogP contribution in [0.15, 0.2) is 60.7 Å². The molecule has 7 rings (SSSR count). The van der Waals surface area contributed by atoms with Gasteiger partial charge in [0, 0.05) is 22.8 Å². The van der Waals surface area contributed by atoms with Crippen molar-refractivity contribution in [2.24, 2.45) is 35.5 Å². The maximum atomic E-state index is 13.0. The van der Waals surface area contributed by atoms with Gasteiger partial charge in [0.15, 0.2) is 0 Å². The van der Waals surface area contributed by atoms with E-state index in [0.717, 1.165) is 22.7 Å². The van der Waals surface area contributed by atoms with Crippen LogP contribution in [0.3, 0.4) is 0 Å². The van der Waals surface area contributed by atoms with Crippen molar-refractivity contribution < 1.29 is 14.4 Å². The van der Waals surface area contributed by atoms with Crippen LogP contribution in [0.4, 0.5) is 5.69 Å². The lowest BCUT2D eigenvalue weighted by molar-refractivity contribution is -0.143. The van der Waals surface area contributed by atoms with Crippen molar-refractivity contribution in [1.82, 2.24) is 10.4 Å². The van der Waals surface area contributed by atoms with Crippen LogP contribution in [0, 0.1) is 35.5 Å². The standard InChI is InChI=1S/C25H22ClN3O3/c26-15-2-1-3-16(10-15)27-12-13-4-6-14(7-5-13)23(30)28-29-24(31)21-17-8-9-18(20-11-19(17)20)22(21)25(29)32/h1-10,17-22,27H,11-12H2,(H,28,30)/t17?,18?,19?,20?,21-,22+. The molecule has 0 spiro atoms. The summed E-state index contributed by atoms with van der Waals surface area (Å²) >= 11 is 6.00. The van der Waals surface area contributed by atoms with E-state index < -0.39 is 5.91 Å². The maximum Gasteiger partial charge on any atom is 0.270 e. The zero-order valence-electron chi connectivity index (χ0n) is 17.2. The summed E-state index contributed by atoms with van der Waals surface area (Å²) in [6.45, 7) is 0.576. The van der Waals surface area contributed by atoms with Crippen molar-refractivity contribution in [2.45, 2.75) is 13.0 Å². The van der Waals surface area contributed by atoms with Gasteiger partial charge in [-0.1, -0.05) is 42.0 Å². The van der Waals surface area contributed by atoms with E-state index in [9.17, 15) is 14.4 Å². The molecule has 3 fully saturated rings. The smallest absolute Gasteiger partial charge is 0.270 e. The highest BCUT2D eigenvalue weighted by atomic mass is 35.5. The van der Waals surface area contributed by atoms with Crippen LogP contribution < -0.4 is 10.7 Å². The van der Waals surface area contributed by atoms with Gasteiger partial charge in [0.05, 0.1) is 11.8 Å². The number of hydrazine groups is 1. The monoisotopic (exact) mass is 447 g/mol. The molecule has 1 heterocycles. The number of benzene rings is 2. The number of allylic oxidation sites excluding steroid dienone is 2. The molecule has 6 atom stereocenters. The lowest BCUT2D eigenvalue weighted by Crippen LogP contribution is -2.46. The number of carbonyl (C=O) groups is 3. The van der Waals surface area contributed by atoms with E-state index in [0.29, 0.717) is 29.0 Å². The minimum Gasteiger partial charge on any atom is -0.381 e. The van der Waals surface area contributed by atoms with Gasteiger partial charge in [-0.05, 0) is 66.0 Å². The van der Waals surface area contributed by atoms with Gasteiger partial charge < -0.3 is 5.32 Å². The summed E-state index contributed by atoms with van der Waals surface area (Å²) in [7, 11) is 0. The average molecular weight is 448 g/mol. The molecule has 2 bridgehead atoms. The van der Waals surface area contributed by atoms with E-state index in [1.54, 1.807) is 12.1 Å². The third-order valence-corrected chi connectivity index (χ3v) is 7.65. The number of rotatable bonds is 5. The molecule has 5 aliphatic rings. The van der Waals surface area contributed by atoms with Gasteiger partial charge >= 0.3 is 0 Å². The summed E-state index contributed by atoms with van der Waals surface area (Å²) in [5, 5.41) is 4.92. The quantitative estimate of drug-likeness (QED) is 0.541. The Morgan fingerprint density at radius 1 is 0.969 bits per heavy atom. The number of anilines is 1. The Morgan fingerprint density at radius 3 is 2.25 bits per heavy atom. The zero-order chi connectivity index (χ0) is 22.0. The fourth-order valence-electron chi connectivity index (χ4n) is 5.81. The van der Waals surface area contributed by atoms with Crippen molar-refractivity contribution in [3.8, 4) is 0 Å². The lowest BCUT2D eigenvalue weighted by Gasteiger charge is -2.37. The van der Waals surface area contributed by atoms with E-state index in [1.807, 2.05) is 36.4 Å². The van der Waals surface area contributed by atoms with Crippen molar-refractivity contribution in [1.29, 1.82) is 0 Å². The molecule has 32 heavy (non-hydrogen) atoms. The molecular weight excluding hydrogens is 426 g/mol. The van der Waals surface area contributed by atoms with E-state index in [1.165, 1.54) is 0 Å². The highest BCUT2D eigenvalue weighted by Gasteiger charge is 2.67. The molecule has 1 aliphatic heterocycles. The minimum atomic E-state index is -0.454. The molecule has 3 amide bonds. The summed E-state index contributed by atoms with van der Waals surface area (Å²) in [6.07, 6.45) is 5.35. The van der Waals surface area contributed by atoms with Crippen LogP contribution in [-0.2, 0) is 16.1 Å². The highest BCUT2D eigenvalue weighted by molar-refractivity contribution is 6.30. The fourth-order valence-corrected chi connectivity index (χ4v) is 6.00. The Balaban J connectivity index is 1.11. The molecule has 4 aliphatic carbocycles. The minimum absolute atomic E-state index is 0.139. The Bertz CT molecular complexity index is 1130. The molecule has 2 aromatic rings. The maximum absolute atomic E-state index is 13.0. The number of nitrogens with one attached hydrogen (secondary N) is 2. The SMILES string of the molecule is O=C(NN1C(=O)[C@@H]2C3C=CC(C4CC43)[C@@H]2C1=O)c1ccc(CNc2cccc(Cl)c2)cc1. The number of carbonyl (C=O) groups excluding carboxylic acids is 3. The van der Waals surface area contributed by atoms with Crippen LogP contribution >= 0.6 is 11.6 Å². The first-order valence-corrected chi connectivity index (χ1v) is 11.3. The number of amides is 3. The normalized spacial score (nSPS) is 31.3. The fraction of sp³-hybridized carbons (Fsp3) is 0.320. The first-order valence-electron chi connectivity index (χ1n) is 11.0. The van der Waals surface area contributed by atoms with E-state index in [4.69, 9.17) is 11.6 Å². The first kappa shape index (κ1) is 19.6. The van der Waals surface area contributed by atoms with Crippen molar-refractivity contribution in [3.05, 3.63) is 76.8 Å². The van der Waals surface area contributed by atoms with Crippen LogP contribution in [-0.4, -0.2) is 22.7 Å². The first-order chi connectivity index (χ1) is 15.5. The molecule has 6 nitrogen and oxygen atoms in total. The van der Waals surface area contributed by atoms with Crippen LogP contribution in [0.25, 0.3) is 0 Å². The van der Waals surface area contributed by atoms with Crippen molar-refractivity contribution in [2.75, 3.05) is 5.32 Å².